The summed E-state index contributed by atoms with van der Waals surface area (Å²) >= 11 is 6.20. The lowest BCUT2D eigenvalue weighted by molar-refractivity contribution is -0.116. The fourth-order valence-corrected chi connectivity index (χ4v) is 2.68. The van der Waals surface area contributed by atoms with E-state index in [0.29, 0.717) is 46.8 Å². The van der Waals surface area contributed by atoms with Crippen molar-refractivity contribution in [3.8, 4) is 5.75 Å². The lowest BCUT2D eigenvalue weighted by Crippen LogP contribution is -2.22. The van der Waals surface area contributed by atoms with E-state index in [9.17, 15) is 9.59 Å². The fraction of sp³-hybridized carbons (Fsp3) is 0.364. The molecule has 0 bridgehead atoms. The molecule has 3 N–H and O–H groups in total. The molecule has 7 heteroatoms. The number of carbonyl (C=O) groups excluding carboxylic acids is 2. The number of nitrogens with one attached hydrogen (secondary N) is 3. The van der Waals surface area contributed by atoms with E-state index in [4.69, 9.17) is 16.3 Å². The van der Waals surface area contributed by atoms with Gasteiger partial charge in [0.1, 0.15) is 5.75 Å². The Kier molecular flexibility index (Phi) is 8.80. The minimum absolute atomic E-state index is 0.0309. The van der Waals surface area contributed by atoms with Crippen molar-refractivity contribution in [3.63, 3.8) is 0 Å². The maximum Gasteiger partial charge on any atom is 0.243 e. The van der Waals surface area contributed by atoms with Crippen molar-refractivity contribution in [3.05, 3.63) is 47.5 Å². The summed E-state index contributed by atoms with van der Waals surface area (Å²) in [6.07, 6.45) is 1.22. The maximum atomic E-state index is 12.3. The molecule has 2 aromatic carbocycles. The van der Waals surface area contributed by atoms with Crippen molar-refractivity contribution in [2.24, 2.45) is 5.92 Å². The largest absolute Gasteiger partial charge is 0.493 e. The van der Waals surface area contributed by atoms with Gasteiger partial charge in [-0.1, -0.05) is 38.4 Å². The third-order valence-electron chi connectivity index (χ3n) is 3.87. The molecule has 0 radical (unpaired) electrons. The lowest BCUT2D eigenvalue weighted by Gasteiger charge is -2.13. The van der Waals surface area contributed by atoms with Crippen LogP contribution in [0.5, 0.6) is 5.75 Å². The van der Waals surface area contributed by atoms with Gasteiger partial charge in [-0.15, -0.1) is 0 Å². The molecule has 0 saturated carbocycles. The van der Waals surface area contributed by atoms with Gasteiger partial charge in [-0.2, -0.15) is 0 Å². The van der Waals surface area contributed by atoms with Crippen LogP contribution in [-0.2, 0) is 9.59 Å². The zero-order valence-corrected chi connectivity index (χ0v) is 17.8. The normalized spacial score (nSPS) is 10.5. The van der Waals surface area contributed by atoms with Crippen LogP contribution >= 0.6 is 11.6 Å². The summed E-state index contributed by atoms with van der Waals surface area (Å²) < 4.78 is 5.68. The molecule has 2 rings (SSSR count). The molecule has 0 aromatic heterocycles. The third-order valence-corrected chi connectivity index (χ3v) is 4.20. The highest BCUT2D eigenvalue weighted by atomic mass is 35.5. The van der Waals surface area contributed by atoms with Gasteiger partial charge in [0.05, 0.1) is 23.9 Å². The van der Waals surface area contributed by atoms with E-state index >= 15 is 0 Å². The molecule has 156 valence electrons. The van der Waals surface area contributed by atoms with Crippen LogP contribution < -0.4 is 20.7 Å². The van der Waals surface area contributed by atoms with E-state index in [-0.39, 0.29) is 18.4 Å². The van der Waals surface area contributed by atoms with Crippen LogP contribution in [0.1, 0.15) is 33.6 Å². The Hall–Kier alpha value is -2.73. The number of rotatable bonds is 10. The Morgan fingerprint density at radius 2 is 1.76 bits per heavy atom. The first-order chi connectivity index (χ1) is 13.9. The van der Waals surface area contributed by atoms with Gasteiger partial charge in [-0.05, 0) is 42.7 Å². The molecule has 0 fully saturated rings. The van der Waals surface area contributed by atoms with Gasteiger partial charge in [0.25, 0.3) is 0 Å². The molecule has 29 heavy (non-hydrogen) atoms. The Labute approximate surface area is 177 Å². The molecule has 0 spiro atoms. The highest BCUT2D eigenvalue weighted by Crippen LogP contribution is 2.25. The van der Waals surface area contributed by atoms with Crippen LogP contribution in [0, 0.1) is 5.92 Å². The molecule has 2 aromatic rings. The summed E-state index contributed by atoms with van der Waals surface area (Å²) in [7, 11) is 0. The van der Waals surface area contributed by atoms with Crippen molar-refractivity contribution in [1.29, 1.82) is 0 Å². The van der Waals surface area contributed by atoms with Crippen LogP contribution in [0.25, 0.3) is 0 Å². The molecule has 0 saturated heterocycles. The van der Waals surface area contributed by atoms with E-state index in [1.54, 1.807) is 30.3 Å². The molecule has 0 heterocycles. The van der Waals surface area contributed by atoms with E-state index in [1.807, 2.05) is 19.1 Å². The minimum atomic E-state index is -0.220. The van der Waals surface area contributed by atoms with Gasteiger partial charge in [-0.3, -0.25) is 9.59 Å². The van der Waals surface area contributed by atoms with E-state index < -0.39 is 0 Å². The standard InChI is InChI=1S/C22H28ClN3O3/c1-4-6-21(27)25-17-9-10-19(23)20(12-17)24-13-22(28)26-16-7-5-8-18(11-16)29-14-15(2)3/h5,7-12,15,24H,4,6,13-14H2,1-3H3,(H,25,27)(H,26,28). The van der Waals surface area contributed by atoms with Gasteiger partial charge in [0.2, 0.25) is 11.8 Å². The first kappa shape index (κ1) is 22.6. The summed E-state index contributed by atoms with van der Waals surface area (Å²) in [4.78, 5) is 24.0. The summed E-state index contributed by atoms with van der Waals surface area (Å²) in [6.45, 7) is 6.74. The van der Waals surface area contributed by atoms with Crippen LogP contribution in [0.3, 0.4) is 0 Å². The fourth-order valence-electron chi connectivity index (χ4n) is 2.50. The Morgan fingerprint density at radius 1 is 1.03 bits per heavy atom. The van der Waals surface area contributed by atoms with Crippen molar-refractivity contribution in [2.45, 2.75) is 33.6 Å². The second kappa shape index (κ2) is 11.3. The summed E-state index contributed by atoms with van der Waals surface area (Å²) in [6, 6.07) is 12.4. The number of halogens is 1. The molecule has 0 unspecified atom stereocenters. The molecule has 6 nitrogen and oxygen atoms in total. The summed E-state index contributed by atoms with van der Waals surface area (Å²) in [5.41, 5.74) is 1.86. The zero-order chi connectivity index (χ0) is 21.2. The molecule has 0 aliphatic rings. The number of ether oxygens (including phenoxy) is 1. The van der Waals surface area contributed by atoms with Gasteiger partial charge in [0.15, 0.2) is 0 Å². The van der Waals surface area contributed by atoms with Crippen molar-refractivity contribution >= 4 is 40.5 Å². The average Bonchev–Trinajstić information content (AvgIpc) is 2.67. The number of carbonyl (C=O) groups is 2. The van der Waals surface area contributed by atoms with Gasteiger partial charge >= 0.3 is 0 Å². The predicted octanol–water partition coefficient (Wildman–Crippen LogP) is 5.16. The first-order valence-corrected chi connectivity index (χ1v) is 10.1. The SMILES string of the molecule is CCCC(=O)Nc1ccc(Cl)c(NCC(=O)Nc2cccc(OCC(C)C)c2)c1. The number of anilines is 3. The number of benzene rings is 2. The van der Waals surface area contributed by atoms with Crippen LogP contribution in [0.4, 0.5) is 17.1 Å². The molecular formula is C22H28ClN3O3. The van der Waals surface area contributed by atoms with Crippen LogP contribution in [0.2, 0.25) is 5.02 Å². The highest BCUT2D eigenvalue weighted by Gasteiger charge is 2.08. The zero-order valence-electron chi connectivity index (χ0n) is 17.0. The van der Waals surface area contributed by atoms with Crippen molar-refractivity contribution in [2.75, 3.05) is 29.1 Å². The van der Waals surface area contributed by atoms with E-state index in [1.165, 1.54) is 0 Å². The van der Waals surface area contributed by atoms with Crippen molar-refractivity contribution in [1.82, 2.24) is 0 Å². The Bertz CT molecular complexity index is 840. The number of hydrogen-bond donors (Lipinski definition) is 3. The Balaban J connectivity index is 1.92. The van der Waals surface area contributed by atoms with Gasteiger partial charge in [-0.25, -0.2) is 0 Å². The number of amides is 2. The Morgan fingerprint density at radius 3 is 2.48 bits per heavy atom. The quantitative estimate of drug-likeness (QED) is 0.498. The monoisotopic (exact) mass is 417 g/mol. The van der Waals surface area contributed by atoms with Crippen molar-refractivity contribution < 1.29 is 14.3 Å². The van der Waals surface area contributed by atoms with Crippen LogP contribution in [0.15, 0.2) is 42.5 Å². The maximum absolute atomic E-state index is 12.3. The molecule has 0 aliphatic carbocycles. The topological polar surface area (TPSA) is 79.5 Å². The van der Waals surface area contributed by atoms with Gasteiger partial charge < -0.3 is 20.7 Å². The first-order valence-electron chi connectivity index (χ1n) is 9.73. The average molecular weight is 418 g/mol. The summed E-state index contributed by atoms with van der Waals surface area (Å²) in [5.74, 6) is 0.855. The second-order valence-corrected chi connectivity index (χ2v) is 7.53. The van der Waals surface area contributed by atoms with E-state index in [0.717, 1.165) is 6.42 Å². The smallest absolute Gasteiger partial charge is 0.243 e. The van der Waals surface area contributed by atoms with E-state index in [2.05, 4.69) is 29.8 Å². The third kappa shape index (κ3) is 8.03. The minimum Gasteiger partial charge on any atom is -0.493 e. The molecule has 2 amide bonds. The van der Waals surface area contributed by atoms with Gasteiger partial charge in [0, 0.05) is 23.9 Å². The molecule has 0 atom stereocenters. The molecular weight excluding hydrogens is 390 g/mol. The summed E-state index contributed by atoms with van der Waals surface area (Å²) in [5, 5.41) is 9.12. The highest BCUT2D eigenvalue weighted by molar-refractivity contribution is 6.33. The number of hydrogen-bond acceptors (Lipinski definition) is 4. The second-order valence-electron chi connectivity index (χ2n) is 7.13. The molecule has 0 aliphatic heterocycles. The van der Waals surface area contributed by atoms with Crippen LogP contribution in [-0.4, -0.2) is 25.0 Å². The lowest BCUT2D eigenvalue weighted by atomic mass is 10.2. The predicted molar refractivity (Wildman–Crippen MR) is 119 cm³/mol.